The molecule has 1 N–H and O–H groups in total. The molecule has 7 nitrogen and oxygen atoms in total. The van der Waals surface area contributed by atoms with E-state index >= 15 is 0 Å². The van der Waals surface area contributed by atoms with Crippen LogP contribution in [0.3, 0.4) is 0 Å². The van der Waals surface area contributed by atoms with Crippen molar-refractivity contribution in [3.05, 3.63) is 12.4 Å². The topological polar surface area (TPSA) is 92.5 Å². The summed E-state index contributed by atoms with van der Waals surface area (Å²) in [5.74, 6) is -1.06. The molecule has 1 aliphatic rings. The maximum atomic E-state index is 11.8. The van der Waals surface area contributed by atoms with Gasteiger partial charge in [-0.15, -0.1) is 0 Å². The normalized spacial score (nSPS) is 17.0. The molecule has 0 bridgehead atoms. The van der Waals surface area contributed by atoms with Crippen LogP contribution in [0.4, 0.5) is 0 Å². The second kappa shape index (κ2) is 3.87. The van der Waals surface area contributed by atoms with Crippen LogP contribution in [0, 0.1) is 0 Å². The van der Waals surface area contributed by atoms with Crippen molar-refractivity contribution in [2.75, 3.05) is 13.1 Å². The van der Waals surface area contributed by atoms with Gasteiger partial charge in [0.25, 0.3) is 0 Å². The second-order valence-corrected chi connectivity index (χ2v) is 5.46. The molecule has 0 amide bonds. The van der Waals surface area contributed by atoms with Crippen molar-refractivity contribution in [3.63, 3.8) is 0 Å². The minimum atomic E-state index is -3.46. The van der Waals surface area contributed by atoms with Crippen LogP contribution >= 0.6 is 0 Å². The molecule has 1 fully saturated rings. The van der Waals surface area contributed by atoms with E-state index in [1.807, 2.05) is 0 Å². The van der Waals surface area contributed by atoms with Gasteiger partial charge < -0.3 is 5.11 Å². The Morgan fingerprint density at radius 3 is 2.69 bits per heavy atom. The lowest BCUT2D eigenvalue weighted by molar-refractivity contribution is -0.137. The summed E-state index contributed by atoms with van der Waals surface area (Å²) in [6.45, 7) is 0.703. The lowest BCUT2D eigenvalue weighted by atomic mass is 10.3. The van der Waals surface area contributed by atoms with E-state index in [0.29, 0.717) is 13.1 Å². The number of carboxylic acids is 1. The zero-order valence-electron chi connectivity index (χ0n) is 8.40. The summed E-state index contributed by atoms with van der Waals surface area (Å²) in [5.41, 5.74) is 0. The van der Waals surface area contributed by atoms with E-state index in [4.69, 9.17) is 5.11 Å². The summed E-state index contributed by atoms with van der Waals surface area (Å²) in [6.07, 6.45) is 3.28. The number of hydrogen-bond donors (Lipinski definition) is 1. The lowest BCUT2D eigenvalue weighted by Crippen LogP contribution is -2.41. The van der Waals surface area contributed by atoms with Gasteiger partial charge in [0.1, 0.15) is 11.4 Å². The molecule has 2 heterocycles. The predicted molar refractivity (Wildman–Crippen MR) is 53.2 cm³/mol. The molecular formula is C8H11N3O4S. The molecule has 0 spiro atoms. The minimum absolute atomic E-state index is 0.0495. The largest absolute Gasteiger partial charge is 0.480 e. The van der Waals surface area contributed by atoms with Crippen molar-refractivity contribution >= 4 is 16.0 Å². The van der Waals surface area contributed by atoms with Crippen LogP contribution in [0.1, 0.15) is 6.42 Å². The van der Waals surface area contributed by atoms with Crippen LogP contribution in [0.5, 0.6) is 0 Å². The summed E-state index contributed by atoms with van der Waals surface area (Å²) in [7, 11) is -3.46. The van der Waals surface area contributed by atoms with Gasteiger partial charge in [0.05, 0.1) is 6.20 Å². The minimum Gasteiger partial charge on any atom is -0.480 e. The van der Waals surface area contributed by atoms with Crippen molar-refractivity contribution in [1.29, 1.82) is 0 Å². The number of hydrogen-bond acceptors (Lipinski definition) is 4. The lowest BCUT2D eigenvalue weighted by Gasteiger charge is -2.28. The van der Waals surface area contributed by atoms with Gasteiger partial charge in [0.2, 0.25) is 10.0 Å². The van der Waals surface area contributed by atoms with Gasteiger partial charge >= 0.3 is 5.97 Å². The molecule has 0 unspecified atom stereocenters. The Hall–Kier alpha value is -1.41. The number of sulfonamides is 1. The standard InChI is InChI=1S/C8H11N3O4S/c12-8(13)6-10-5-7(4-9-10)16(14,15)11-2-1-3-11/h4-5H,1-3,6H2,(H,12,13). The van der Waals surface area contributed by atoms with E-state index in [0.717, 1.165) is 11.1 Å². The molecule has 0 radical (unpaired) electrons. The Kier molecular flexibility index (Phi) is 2.68. The number of nitrogens with zero attached hydrogens (tertiary/aromatic N) is 3. The van der Waals surface area contributed by atoms with Gasteiger partial charge in [-0.25, -0.2) is 8.42 Å². The molecule has 1 saturated heterocycles. The summed E-state index contributed by atoms with van der Waals surface area (Å²) < 4.78 is 26.1. The fourth-order valence-electron chi connectivity index (χ4n) is 1.38. The van der Waals surface area contributed by atoms with Crippen molar-refractivity contribution in [3.8, 4) is 0 Å². The highest BCUT2D eigenvalue weighted by atomic mass is 32.2. The molecular weight excluding hydrogens is 234 g/mol. The summed E-state index contributed by atoms with van der Waals surface area (Å²) in [6, 6.07) is 0. The number of aliphatic carboxylic acids is 1. The third kappa shape index (κ3) is 1.93. The van der Waals surface area contributed by atoms with Gasteiger partial charge in [-0.05, 0) is 6.42 Å². The van der Waals surface area contributed by atoms with E-state index in [2.05, 4.69) is 5.10 Å². The fraction of sp³-hybridized carbons (Fsp3) is 0.500. The monoisotopic (exact) mass is 245 g/mol. The molecule has 0 aliphatic carbocycles. The summed E-state index contributed by atoms with van der Waals surface area (Å²) in [5, 5.41) is 12.2. The third-order valence-corrected chi connectivity index (χ3v) is 4.21. The summed E-state index contributed by atoms with van der Waals surface area (Å²) in [4.78, 5) is 10.5. The van der Waals surface area contributed by atoms with E-state index in [9.17, 15) is 13.2 Å². The van der Waals surface area contributed by atoms with Gasteiger partial charge in [-0.3, -0.25) is 9.48 Å². The molecule has 8 heteroatoms. The van der Waals surface area contributed by atoms with Crippen LogP contribution in [0.2, 0.25) is 0 Å². The van der Waals surface area contributed by atoms with Crippen LogP contribution in [0.25, 0.3) is 0 Å². The van der Waals surface area contributed by atoms with Crippen LogP contribution in [-0.4, -0.2) is 46.7 Å². The molecule has 0 saturated carbocycles. The Morgan fingerprint density at radius 1 is 1.50 bits per heavy atom. The van der Waals surface area contributed by atoms with Crippen molar-refractivity contribution < 1.29 is 18.3 Å². The van der Waals surface area contributed by atoms with Gasteiger partial charge in [-0.1, -0.05) is 0 Å². The number of carboxylic acid groups (broad SMARTS) is 1. The van der Waals surface area contributed by atoms with Crippen molar-refractivity contribution in [1.82, 2.24) is 14.1 Å². The molecule has 0 aromatic carbocycles. The Morgan fingerprint density at radius 2 is 2.19 bits per heavy atom. The van der Waals surface area contributed by atoms with E-state index in [1.54, 1.807) is 0 Å². The number of rotatable bonds is 4. The molecule has 0 atom stereocenters. The molecule has 1 aliphatic heterocycles. The van der Waals surface area contributed by atoms with E-state index in [-0.39, 0.29) is 11.4 Å². The SMILES string of the molecule is O=C(O)Cn1cc(S(=O)(=O)N2CCC2)cn1. The average Bonchev–Trinajstić information content (AvgIpc) is 2.47. The second-order valence-electron chi connectivity index (χ2n) is 3.52. The maximum Gasteiger partial charge on any atom is 0.325 e. The first-order valence-corrected chi connectivity index (χ1v) is 6.18. The quantitative estimate of drug-likeness (QED) is 0.761. The summed E-state index contributed by atoms with van der Waals surface area (Å²) >= 11 is 0. The average molecular weight is 245 g/mol. The molecule has 1 aromatic heterocycles. The fourth-order valence-corrected chi connectivity index (χ4v) is 2.85. The van der Waals surface area contributed by atoms with E-state index in [1.165, 1.54) is 16.7 Å². The molecule has 88 valence electrons. The van der Waals surface area contributed by atoms with Crippen molar-refractivity contribution in [2.24, 2.45) is 0 Å². The predicted octanol–water partition coefficient (Wildman–Crippen LogP) is -0.638. The zero-order valence-corrected chi connectivity index (χ0v) is 9.22. The highest BCUT2D eigenvalue weighted by molar-refractivity contribution is 7.89. The first-order chi connectivity index (χ1) is 7.50. The Balaban J connectivity index is 2.20. The van der Waals surface area contributed by atoms with Gasteiger partial charge in [0, 0.05) is 19.3 Å². The highest BCUT2D eigenvalue weighted by Gasteiger charge is 2.30. The smallest absolute Gasteiger partial charge is 0.325 e. The van der Waals surface area contributed by atoms with Crippen LogP contribution in [0.15, 0.2) is 17.3 Å². The molecule has 1 aromatic rings. The number of aromatic nitrogens is 2. The Labute approximate surface area is 92.3 Å². The third-order valence-electron chi connectivity index (χ3n) is 2.36. The van der Waals surface area contributed by atoms with Crippen LogP contribution < -0.4 is 0 Å². The highest BCUT2D eigenvalue weighted by Crippen LogP contribution is 2.20. The van der Waals surface area contributed by atoms with Gasteiger partial charge in [0.15, 0.2) is 0 Å². The molecule has 2 rings (SSSR count). The molecule has 16 heavy (non-hydrogen) atoms. The maximum absolute atomic E-state index is 11.8. The Bertz CT molecular complexity index is 503. The van der Waals surface area contributed by atoms with Crippen molar-refractivity contribution in [2.45, 2.75) is 17.9 Å². The van der Waals surface area contributed by atoms with Crippen LogP contribution in [-0.2, 0) is 21.4 Å². The van der Waals surface area contributed by atoms with Gasteiger partial charge in [-0.2, -0.15) is 9.40 Å². The first-order valence-electron chi connectivity index (χ1n) is 4.74. The van der Waals surface area contributed by atoms with E-state index < -0.39 is 16.0 Å². The first kappa shape index (κ1) is 11.1. The number of carbonyl (C=O) groups is 1. The zero-order chi connectivity index (χ0) is 11.8.